The Morgan fingerprint density at radius 3 is 2.27 bits per heavy atom. The van der Waals surface area contributed by atoms with Gasteiger partial charge in [-0.2, -0.15) is 13.2 Å². The second-order valence-electron chi connectivity index (χ2n) is 4.09. The van der Waals surface area contributed by atoms with Crippen molar-refractivity contribution in [1.82, 2.24) is 5.32 Å². The zero-order chi connectivity index (χ0) is 16.9. The predicted molar refractivity (Wildman–Crippen MR) is 67.1 cm³/mol. The number of Topliss-reactive ketones (excluding diaryl/α,β-unsaturated/α-hetero) is 1. The molecule has 0 fully saturated rings. The van der Waals surface area contributed by atoms with Crippen molar-refractivity contribution >= 4 is 17.8 Å². The summed E-state index contributed by atoms with van der Waals surface area (Å²) < 4.78 is 47.0. The van der Waals surface area contributed by atoms with E-state index >= 15 is 0 Å². The normalized spacial score (nSPS) is 12.2. The summed E-state index contributed by atoms with van der Waals surface area (Å²) in [5, 5.41) is 1.84. The third kappa shape index (κ3) is 4.47. The summed E-state index contributed by atoms with van der Waals surface area (Å²) >= 11 is 0. The van der Waals surface area contributed by atoms with Crippen molar-refractivity contribution in [3.63, 3.8) is 0 Å². The van der Waals surface area contributed by atoms with Crippen molar-refractivity contribution in [3.8, 4) is 5.75 Å². The quantitative estimate of drug-likeness (QED) is 0.677. The number of hydrogen-bond acceptors (Lipinski definition) is 5. The van der Waals surface area contributed by atoms with Gasteiger partial charge in [-0.3, -0.25) is 4.79 Å². The minimum Gasteiger partial charge on any atom is -0.467 e. The van der Waals surface area contributed by atoms with E-state index in [0.29, 0.717) is 0 Å². The largest absolute Gasteiger partial charge is 0.467 e. The molecule has 1 rings (SSSR count). The molecule has 0 saturated heterocycles. The molecule has 1 unspecified atom stereocenters. The van der Waals surface area contributed by atoms with Gasteiger partial charge in [0.2, 0.25) is 0 Å². The van der Waals surface area contributed by atoms with Gasteiger partial charge >= 0.3 is 18.2 Å². The summed E-state index contributed by atoms with van der Waals surface area (Å²) in [6.45, 7) is 1.01. The van der Waals surface area contributed by atoms with Crippen LogP contribution in [0.1, 0.15) is 12.5 Å². The number of benzene rings is 1. The number of para-hydroxylation sites is 1. The lowest BCUT2D eigenvalue weighted by Crippen LogP contribution is -2.47. The van der Waals surface area contributed by atoms with Crippen molar-refractivity contribution in [2.45, 2.75) is 19.1 Å². The molecule has 1 N–H and O–H groups in total. The van der Waals surface area contributed by atoms with Crippen LogP contribution in [0.4, 0.5) is 18.0 Å². The van der Waals surface area contributed by atoms with E-state index in [2.05, 4.69) is 9.47 Å². The van der Waals surface area contributed by atoms with Gasteiger partial charge in [0.1, 0.15) is 5.75 Å². The van der Waals surface area contributed by atoms with Crippen molar-refractivity contribution in [1.29, 1.82) is 0 Å². The molecule has 0 saturated carbocycles. The average molecular weight is 319 g/mol. The Labute approximate surface area is 123 Å². The van der Waals surface area contributed by atoms with Crippen LogP contribution in [0.2, 0.25) is 0 Å². The SMILES string of the molecule is COC(=O)C(NC(=O)Oc1ccccc1C(F)(F)F)C(C)=O. The maximum Gasteiger partial charge on any atom is 0.419 e. The highest BCUT2D eigenvalue weighted by atomic mass is 19.4. The van der Waals surface area contributed by atoms with Gasteiger partial charge in [-0.25, -0.2) is 9.59 Å². The van der Waals surface area contributed by atoms with Crippen LogP contribution in [-0.4, -0.2) is 31.0 Å². The van der Waals surface area contributed by atoms with Gasteiger partial charge in [0.05, 0.1) is 12.7 Å². The van der Waals surface area contributed by atoms with Crippen LogP contribution < -0.4 is 10.1 Å². The number of amides is 1. The second-order valence-corrected chi connectivity index (χ2v) is 4.09. The van der Waals surface area contributed by atoms with E-state index in [1.807, 2.05) is 5.32 Å². The summed E-state index contributed by atoms with van der Waals surface area (Å²) in [6, 6.07) is 2.37. The summed E-state index contributed by atoms with van der Waals surface area (Å²) in [5.41, 5.74) is -1.16. The molecule has 0 spiro atoms. The van der Waals surface area contributed by atoms with Crippen molar-refractivity contribution in [2.75, 3.05) is 7.11 Å². The van der Waals surface area contributed by atoms with Gasteiger partial charge in [-0.05, 0) is 19.1 Å². The Kier molecular flexibility index (Phi) is 5.50. The minimum atomic E-state index is -4.72. The van der Waals surface area contributed by atoms with Crippen LogP contribution >= 0.6 is 0 Å². The highest BCUT2D eigenvalue weighted by Gasteiger charge is 2.35. The molecule has 0 aliphatic heterocycles. The average Bonchev–Trinajstić information content (AvgIpc) is 2.43. The first-order valence-electron chi connectivity index (χ1n) is 5.89. The van der Waals surface area contributed by atoms with Gasteiger partial charge in [-0.1, -0.05) is 12.1 Å². The molecular weight excluding hydrogens is 307 g/mol. The summed E-state index contributed by atoms with van der Waals surface area (Å²) in [7, 11) is 0.990. The van der Waals surface area contributed by atoms with Crippen LogP contribution in [0, 0.1) is 0 Å². The molecule has 0 bridgehead atoms. The number of nitrogens with one attached hydrogen (secondary N) is 1. The number of ether oxygens (including phenoxy) is 2. The summed E-state index contributed by atoms with van der Waals surface area (Å²) in [6.07, 6.45) is -6.11. The lowest BCUT2D eigenvalue weighted by atomic mass is 10.2. The maximum absolute atomic E-state index is 12.7. The topological polar surface area (TPSA) is 81.7 Å². The van der Waals surface area contributed by atoms with Gasteiger partial charge in [0, 0.05) is 0 Å². The highest BCUT2D eigenvalue weighted by molar-refractivity contribution is 6.04. The fourth-order valence-corrected chi connectivity index (χ4v) is 1.48. The number of hydrogen-bond donors (Lipinski definition) is 1. The molecule has 22 heavy (non-hydrogen) atoms. The zero-order valence-electron chi connectivity index (χ0n) is 11.6. The molecule has 1 aromatic carbocycles. The van der Waals surface area contributed by atoms with Gasteiger partial charge in [-0.15, -0.1) is 0 Å². The van der Waals surface area contributed by atoms with E-state index in [1.54, 1.807) is 0 Å². The van der Waals surface area contributed by atoms with E-state index < -0.39 is 41.4 Å². The molecule has 120 valence electrons. The third-order valence-electron chi connectivity index (χ3n) is 2.50. The van der Waals surface area contributed by atoms with E-state index in [1.165, 1.54) is 6.07 Å². The van der Waals surface area contributed by atoms with E-state index in [-0.39, 0.29) is 0 Å². The van der Waals surface area contributed by atoms with Crippen molar-refractivity contribution in [3.05, 3.63) is 29.8 Å². The molecule has 0 heterocycles. The van der Waals surface area contributed by atoms with Crippen LogP contribution in [0.3, 0.4) is 0 Å². The molecule has 0 aliphatic carbocycles. The van der Waals surface area contributed by atoms with Crippen LogP contribution in [0.25, 0.3) is 0 Å². The minimum absolute atomic E-state index is 0.728. The monoisotopic (exact) mass is 319 g/mol. The van der Waals surface area contributed by atoms with Crippen molar-refractivity contribution in [2.24, 2.45) is 0 Å². The van der Waals surface area contributed by atoms with Crippen LogP contribution in [0.15, 0.2) is 24.3 Å². The fourth-order valence-electron chi connectivity index (χ4n) is 1.48. The smallest absolute Gasteiger partial charge is 0.419 e. The summed E-state index contributed by atoms with van der Waals surface area (Å²) in [4.78, 5) is 34.0. The molecule has 1 atom stereocenters. The molecule has 0 radical (unpaired) electrons. The zero-order valence-corrected chi connectivity index (χ0v) is 11.6. The molecule has 1 amide bonds. The van der Waals surface area contributed by atoms with Gasteiger partial charge in [0.25, 0.3) is 0 Å². The lowest BCUT2D eigenvalue weighted by molar-refractivity contribution is -0.146. The number of carbonyl (C=O) groups excluding carboxylic acids is 3. The first kappa shape index (κ1) is 17.5. The lowest BCUT2D eigenvalue weighted by Gasteiger charge is -2.15. The van der Waals surface area contributed by atoms with E-state index in [9.17, 15) is 27.6 Å². The molecule has 1 aromatic rings. The van der Waals surface area contributed by atoms with Gasteiger partial charge < -0.3 is 14.8 Å². The Balaban J connectivity index is 2.90. The molecule has 0 aromatic heterocycles. The Morgan fingerprint density at radius 2 is 1.77 bits per heavy atom. The Bertz CT molecular complexity index is 585. The standard InChI is InChI=1S/C13H12F3NO5/c1-7(18)10(11(19)21-2)17-12(20)22-9-6-4-3-5-8(9)13(14,15)16/h3-6,10H,1-2H3,(H,17,20). The number of alkyl halides is 3. The molecular formula is C13H12F3NO5. The number of halogens is 3. The van der Waals surface area contributed by atoms with Crippen molar-refractivity contribution < 1.29 is 37.0 Å². The van der Waals surface area contributed by atoms with E-state index in [0.717, 1.165) is 32.2 Å². The maximum atomic E-state index is 12.7. The number of ketones is 1. The van der Waals surface area contributed by atoms with Crippen LogP contribution in [-0.2, 0) is 20.5 Å². The highest BCUT2D eigenvalue weighted by Crippen LogP contribution is 2.35. The molecule has 9 heteroatoms. The van der Waals surface area contributed by atoms with E-state index in [4.69, 9.17) is 0 Å². The summed E-state index contributed by atoms with van der Waals surface area (Å²) in [5.74, 6) is -2.57. The number of rotatable bonds is 4. The van der Waals surface area contributed by atoms with Gasteiger partial charge in [0.15, 0.2) is 11.8 Å². The number of methoxy groups -OCH3 is 1. The number of esters is 1. The fraction of sp³-hybridized carbons (Fsp3) is 0.308. The third-order valence-corrected chi connectivity index (χ3v) is 2.50. The van der Waals surface area contributed by atoms with Crippen LogP contribution in [0.5, 0.6) is 5.75 Å². The second kappa shape index (κ2) is 6.92. The first-order chi connectivity index (χ1) is 10.2. The Hall–Kier alpha value is -2.58. The predicted octanol–water partition coefficient (Wildman–Crippen LogP) is 1.92. The first-order valence-corrected chi connectivity index (χ1v) is 5.89. The molecule has 6 nitrogen and oxygen atoms in total. The Morgan fingerprint density at radius 1 is 1.18 bits per heavy atom. The molecule has 0 aliphatic rings. The number of carbonyl (C=O) groups is 3.